The van der Waals surface area contributed by atoms with Gasteiger partial charge in [0.2, 0.25) is 5.91 Å². The van der Waals surface area contributed by atoms with E-state index in [0.717, 1.165) is 11.2 Å². The Bertz CT molecular complexity index is 816. The highest BCUT2D eigenvalue weighted by molar-refractivity contribution is 5.75. The van der Waals surface area contributed by atoms with Crippen molar-refractivity contribution in [3.8, 4) is 5.69 Å². The Balaban J connectivity index is 2.29. The van der Waals surface area contributed by atoms with Crippen LogP contribution in [-0.4, -0.2) is 10.5 Å². The first-order valence-corrected chi connectivity index (χ1v) is 6.22. The van der Waals surface area contributed by atoms with Crippen LogP contribution in [0.3, 0.4) is 0 Å². The highest BCUT2D eigenvalue weighted by Crippen LogP contribution is 2.16. The van der Waals surface area contributed by atoms with Gasteiger partial charge in [0.15, 0.2) is 5.58 Å². The molecule has 0 atom stereocenters. The van der Waals surface area contributed by atoms with Crippen molar-refractivity contribution in [2.24, 2.45) is 5.10 Å². The lowest BCUT2D eigenvalue weighted by Gasteiger charge is -2.02. The van der Waals surface area contributed by atoms with Crippen molar-refractivity contribution in [2.75, 3.05) is 0 Å². The molecule has 0 saturated carbocycles. The molecule has 1 amide bonds. The Kier molecular flexibility index (Phi) is 3.09. The zero-order valence-electron chi connectivity index (χ0n) is 10.9. The number of carbonyl (C=O) groups is 1. The summed E-state index contributed by atoms with van der Waals surface area (Å²) >= 11 is 0. The summed E-state index contributed by atoms with van der Waals surface area (Å²) in [6.45, 7) is 1.40. The molecule has 0 aliphatic rings. The molecule has 0 bridgehead atoms. The van der Waals surface area contributed by atoms with Crippen molar-refractivity contribution >= 4 is 17.0 Å². The summed E-state index contributed by atoms with van der Waals surface area (Å²) in [5.74, 6) is -0.245. The Labute approximate surface area is 115 Å². The van der Waals surface area contributed by atoms with Crippen molar-refractivity contribution in [3.05, 3.63) is 60.3 Å². The van der Waals surface area contributed by atoms with Crippen molar-refractivity contribution in [2.45, 2.75) is 6.92 Å². The van der Waals surface area contributed by atoms with E-state index in [2.05, 4.69) is 10.5 Å². The first kappa shape index (κ1) is 12.2. The molecule has 0 radical (unpaired) electrons. The molecule has 3 aromatic rings. The zero-order valence-corrected chi connectivity index (χ0v) is 10.9. The fourth-order valence-electron chi connectivity index (χ4n) is 2.00. The number of amides is 1. The third-order valence-electron chi connectivity index (χ3n) is 2.82. The number of para-hydroxylation sites is 3. The van der Waals surface area contributed by atoms with Gasteiger partial charge in [-0.05, 0) is 24.3 Å². The van der Waals surface area contributed by atoms with Gasteiger partial charge in [-0.2, -0.15) is 0 Å². The average Bonchev–Trinajstić information content (AvgIpc) is 2.84. The van der Waals surface area contributed by atoms with E-state index < -0.39 is 0 Å². The van der Waals surface area contributed by atoms with Crippen LogP contribution >= 0.6 is 0 Å². The molecule has 0 aliphatic carbocycles. The molecule has 0 aliphatic heterocycles. The molecular weight excluding hydrogens is 254 g/mol. The number of benzene rings is 2. The smallest absolute Gasteiger partial charge is 0.324 e. The monoisotopic (exact) mass is 267 g/mol. The average molecular weight is 267 g/mol. The van der Waals surface area contributed by atoms with Crippen LogP contribution in [0.15, 0.2) is 64.1 Å². The van der Waals surface area contributed by atoms with Gasteiger partial charge in [-0.3, -0.25) is 9.36 Å². The second-order valence-corrected chi connectivity index (χ2v) is 4.30. The molecule has 3 rings (SSSR count). The van der Waals surface area contributed by atoms with Gasteiger partial charge in [0.25, 0.3) is 0 Å². The van der Waals surface area contributed by atoms with Gasteiger partial charge < -0.3 is 4.42 Å². The van der Waals surface area contributed by atoms with E-state index in [0.29, 0.717) is 11.3 Å². The van der Waals surface area contributed by atoms with Gasteiger partial charge >= 0.3 is 5.68 Å². The quantitative estimate of drug-likeness (QED) is 0.723. The van der Waals surface area contributed by atoms with E-state index in [9.17, 15) is 4.79 Å². The fourth-order valence-corrected chi connectivity index (χ4v) is 2.00. The van der Waals surface area contributed by atoms with Gasteiger partial charge in [0.1, 0.15) is 0 Å². The van der Waals surface area contributed by atoms with Crippen molar-refractivity contribution in [1.29, 1.82) is 0 Å². The number of hydrogen-bond donors (Lipinski definition) is 1. The Hall–Kier alpha value is -2.82. The predicted octanol–water partition coefficient (Wildman–Crippen LogP) is 2.18. The summed E-state index contributed by atoms with van der Waals surface area (Å²) in [4.78, 5) is 11.0. The molecule has 1 heterocycles. The van der Waals surface area contributed by atoms with Gasteiger partial charge in [-0.25, -0.2) is 5.43 Å². The third-order valence-corrected chi connectivity index (χ3v) is 2.82. The summed E-state index contributed by atoms with van der Waals surface area (Å²) < 4.78 is 7.54. The number of hydrogen-bond acceptors (Lipinski definition) is 3. The Morgan fingerprint density at radius 3 is 2.55 bits per heavy atom. The lowest BCUT2D eigenvalue weighted by atomic mass is 10.3. The summed E-state index contributed by atoms with van der Waals surface area (Å²) in [6, 6.07) is 17.3. The van der Waals surface area contributed by atoms with E-state index in [1.807, 2.05) is 59.2 Å². The first-order valence-electron chi connectivity index (χ1n) is 6.22. The number of aromatic nitrogens is 1. The van der Waals surface area contributed by atoms with Crippen LogP contribution in [0.2, 0.25) is 0 Å². The van der Waals surface area contributed by atoms with E-state index >= 15 is 0 Å². The maximum absolute atomic E-state index is 11.0. The summed E-state index contributed by atoms with van der Waals surface area (Å²) in [5.41, 5.74) is 5.25. The third kappa shape index (κ3) is 2.21. The Morgan fingerprint density at radius 2 is 1.80 bits per heavy atom. The summed E-state index contributed by atoms with van der Waals surface area (Å²) in [6.07, 6.45) is 0. The number of carbonyl (C=O) groups excluding carboxylic acids is 1. The molecule has 0 unspecified atom stereocenters. The van der Waals surface area contributed by atoms with Crippen molar-refractivity contribution < 1.29 is 9.21 Å². The molecule has 100 valence electrons. The maximum atomic E-state index is 11.0. The number of rotatable bonds is 2. The molecule has 0 fully saturated rings. The van der Waals surface area contributed by atoms with Crippen molar-refractivity contribution in [1.82, 2.24) is 9.99 Å². The lowest BCUT2D eigenvalue weighted by molar-refractivity contribution is -0.119. The van der Waals surface area contributed by atoms with E-state index in [4.69, 9.17) is 4.42 Å². The lowest BCUT2D eigenvalue weighted by Crippen LogP contribution is -2.22. The van der Waals surface area contributed by atoms with Crippen LogP contribution in [0.5, 0.6) is 0 Å². The molecule has 2 aromatic carbocycles. The topological polar surface area (TPSA) is 59.5 Å². The number of oxazole rings is 1. The van der Waals surface area contributed by atoms with Crippen LogP contribution in [0.4, 0.5) is 0 Å². The van der Waals surface area contributed by atoms with Crippen LogP contribution in [0.25, 0.3) is 16.8 Å². The molecule has 0 saturated heterocycles. The SMILES string of the molecule is CC(=O)NN=c1oc2ccccc2n1-c1ccccc1. The van der Waals surface area contributed by atoms with Crippen LogP contribution in [-0.2, 0) is 4.79 Å². The fraction of sp³-hybridized carbons (Fsp3) is 0.0667. The molecule has 1 aromatic heterocycles. The summed E-state index contributed by atoms with van der Waals surface area (Å²) in [5, 5.41) is 4.02. The number of nitrogens with zero attached hydrogens (tertiary/aromatic N) is 2. The van der Waals surface area contributed by atoms with E-state index in [1.54, 1.807) is 0 Å². The van der Waals surface area contributed by atoms with Crippen LogP contribution < -0.4 is 11.1 Å². The molecule has 20 heavy (non-hydrogen) atoms. The second kappa shape index (κ2) is 5.05. The van der Waals surface area contributed by atoms with Gasteiger partial charge in [0, 0.05) is 6.92 Å². The Morgan fingerprint density at radius 1 is 1.10 bits per heavy atom. The zero-order chi connectivity index (χ0) is 13.9. The molecule has 5 heteroatoms. The maximum Gasteiger partial charge on any atom is 0.324 e. The highest BCUT2D eigenvalue weighted by atomic mass is 16.4. The van der Waals surface area contributed by atoms with Crippen molar-refractivity contribution in [3.63, 3.8) is 0 Å². The minimum atomic E-state index is -0.245. The molecular formula is C15H13N3O2. The predicted molar refractivity (Wildman–Crippen MR) is 74.9 cm³/mol. The molecule has 5 nitrogen and oxygen atoms in total. The van der Waals surface area contributed by atoms with Crippen LogP contribution in [0, 0.1) is 0 Å². The summed E-state index contributed by atoms with van der Waals surface area (Å²) in [7, 11) is 0. The van der Waals surface area contributed by atoms with E-state index in [1.165, 1.54) is 6.92 Å². The molecule has 0 spiro atoms. The molecule has 1 N–H and O–H groups in total. The largest absolute Gasteiger partial charge is 0.422 e. The van der Waals surface area contributed by atoms with Gasteiger partial charge in [-0.1, -0.05) is 30.3 Å². The first-order chi connectivity index (χ1) is 9.75. The normalized spacial score (nSPS) is 11.8. The minimum absolute atomic E-state index is 0.245. The van der Waals surface area contributed by atoms with E-state index in [-0.39, 0.29) is 5.91 Å². The van der Waals surface area contributed by atoms with Gasteiger partial charge in [0.05, 0.1) is 11.2 Å². The highest BCUT2D eigenvalue weighted by Gasteiger charge is 2.09. The van der Waals surface area contributed by atoms with Crippen LogP contribution in [0.1, 0.15) is 6.92 Å². The number of fused-ring (bicyclic) bond motifs is 1. The number of nitrogens with one attached hydrogen (secondary N) is 1. The second-order valence-electron chi connectivity index (χ2n) is 4.30. The standard InChI is InChI=1S/C15H13N3O2/c1-11(19)16-17-15-18(12-7-3-2-4-8-12)13-9-5-6-10-14(13)20-15/h2-10H,1H3,(H,16,19). The van der Waals surface area contributed by atoms with Gasteiger partial charge in [-0.15, -0.1) is 5.10 Å². The minimum Gasteiger partial charge on any atom is -0.422 e.